The summed E-state index contributed by atoms with van der Waals surface area (Å²) in [6.07, 6.45) is 11.2. The van der Waals surface area contributed by atoms with Gasteiger partial charge in [-0.2, -0.15) is 0 Å². The third-order valence-corrected chi connectivity index (χ3v) is 7.26. The van der Waals surface area contributed by atoms with E-state index < -0.39 is 0 Å². The molecule has 0 atom stereocenters. The van der Waals surface area contributed by atoms with Crippen molar-refractivity contribution in [3.05, 3.63) is 88.7 Å². The Morgan fingerprint density at radius 3 is 2.56 bits per heavy atom. The maximum Gasteiger partial charge on any atom is 0.250 e. The molecule has 0 unspecified atom stereocenters. The van der Waals surface area contributed by atoms with Gasteiger partial charge in [-0.1, -0.05) is 50.3 Å². The molecule has 4 aromatic rings. The van der Waals surface area contributed by atoms with E-state index in [9.17, 15) is 4.79 Å². The molecule has 2 aromatic heterocycles. The maximum atomic E-state index is 13.3. The van der Waals surface area contributed by atoms with Gasteiger partial charge in [-0.15, -0.1) is 0 Å². The lowest BCUT2D eigenvalue weighted by Crippen LogP contribution is -2.34. The molecular formula is C31H32N6OS. The third-order valence-electron chi connectivity index (χ3n) is 6.80. The number of amides is 1. The van der Waals surface area contributed by atoms with Crippen molar-refractivity contribution in [3.63, 3.8) is 0 Å². The summed E-state index contributed by atoms with van der Waals surface area (Å²) >= 11 is 5.79. The molecule has 1 aliphatic heterocycles. The fraction of sp³-hybridized carbons (Fsp3) is 0.258. The Balaban J connectivity index is 1.46. The molecule has 0 saturated heterocycles. The number of carbonyl (C=O) groups excluding carboxylic acids is 1. The number of nitrogens with zero attached hydrogens (tertiary/aromatic N) is 5. The lowest BCUT2D eigenvalue weighted by Gasteiger charge is -2.22. The largest absolute Gasteiger partial charge is 0.387 e. The van der Waals surface area contributed by atoms with Crippen LogP contribution in [0.3, 0.4) is 0 Å². The van der Waals surface area contributed by atoms with E-state index in [0.717, 1.165) is 69.4 Å². The molecule has 3 heterocycles. The second-order valence-electron chi connectivity index (χ2n) is 9.76. The van der Waals surface area contributed by atoms with Gasteiger partial charge in [0, 0.05) is 54.6 Å². The van der Waals surface area contributed by atoms with E-state index >= 15 is 0 Å². The third kappa shape index (κ3) is 5.81. The van der Waals surface area contributed by atoms with Crippen LogP contribution in [-0.4, -0.2) is 44.3 Å². The van der Waals surface area contributed by atoms with Gasteiger partial charge in [0.05, 0.1) is 24.1 Å². The van der Waals surface area contributed by atoms with E-state index in [-0.39, 0.29) is 5.91 Å². The number of fused-ring (bicyclic) bond motifs is 2. The summed E-state index contributed by atoms with van der Waals surface area (Å²) in [6.45, 7) is 6.22. The molecule has 1 aliphatic rings. The molecular weight excluding hydrogens is 504 g/mol. The molecule has 198 valence electrons. The Labute approximate surface area is 233 Å². The zero-order valence-electron chi connectivity index (χ0n) is 22.3. The summed E-state index contributed by atoms with van der Waals surface area (Å²) < 4.78 is 2.76. The quantitative estimate of drug-likeness (QED) is 0.267. The highest BCUT2D eigenvalue weighted by Gasteiger charge is 2.21. The standard InChI is InChI=1S/C31H32N6OS/c1-3-12-36(13-4-2)30(38)25-16-24-6-5-22(17-28(24)35-29(32)18-25)21-7-8-27-23(15-21)9-14-37(31(27)39)20-26-19-33-10-11-34-26/h5-11,14-17,19H,3-4,12-13,18,20H2,1-2H3,(H2,32,35). The van der Waals surface area contributed by atoms with Gasteiger partial charge in [-0.3, -0.25) is 14.8 Å². The maximum absolute atomic E-state index is 13.3. The molecule has 0 fully saturated rings. The van der Waals surface area contributed by atoms with E-state index in [1.54, 1.807) is 18.6 Å². The van der Waals surface area contributed by atoms with Crippen LogP contribution < -0.4 is 5.73 Å². The first-order valence-electron chi connectivity index (χ1n) is 13.3. The van der Waals surface area contributed by atoms with Gasteiger partial charge in [0.15, 0.2) is 0 Å². The molecule has 0 aliphatic carbocycles. The molecule has 8 heteroatoms. The Morgan fingerprint density at radius 1 is 1.05 bits per heavy atom. The number of carbonyl (C=O) groups is 1. The predicted molar refractivity (Wildman–Crippen MR) is 160 cm³/mol. The van der Waals surface area contributed by atoms with Crippen molar-refractivity contribution < 1.29 is 4.79 Å². The zero-order valence-corrected chi connectivity index (χ0v) is 23.1. The van der Waals surface area contributed by atoms with Gasteiger partial charge >= 0.3 is 0 Å². The van der Waals surface area contributed by atoms with Crippen LogP contribution in [0.4, 0.5) is 5.69 Å². The predicted octanol–water partition coefficient (Wildman–Crippen LogP) is 6.30. The minimum Gasteiger partial charge on any atom is -0.387 e. The topological polar surface area (TPSA) is 89.4 Å². The van der Waals surface area contributed by atoms with Crippen molar-refractivity contribution >= 4 is 46.5 Å². The Bertz CT molecular complexity index is 1630. The normalized spacial score (nSPS) is 12.9. The van der Waals surface area contributed by atoms with Crippen molar-refractivity contribution in [1.29, 1.82) is 0 Å². The minimum atomic E-state index is 0.0413. The van der Waals surface area contributed by atoms with Crippen LogP contribution in [0.2, 0.25) is 0 Å². The first-order valence-corrected chi connectivity index (χ1v) is 13.7. The lowest BCUT2D eigenvalue weighted by atomic mass is 9.99. The summed E-state index contributed by atoms with van der Waals surface area (Å²) in [5.41, 5.74) is 11.6. The number of aromatic nitrogens is 3. The van der Waals surface area contributed by atoms with Gasteiger partial charge in [0.1, 0.15) is 10.5 Å². The minimum absolute atomic E-state index is 0.0413. The Kier molecular flexibility index (Phi) is 7.93. The van der Waals surface area contributed by atoms with Crippen LogP contribution in [0.1, 0.15) is 44.4 Å². The molecule has 2 N–H and O–H groups in total. The SMILES string of the molecule is CCCN(CCC)C(=O)C1=Cc2ccc(-c3ccc4c(=S)n(Cc5cnccn5)ccc4c3)cc2N=C(N)C1. The van der Waals surface area contributed by atoms with Crippen LogP contribution in [-0.2, 0) is 11.3 Å². The van der Waals surface area contributed by atoms with E-state index in [1.807, 2.05) is 33.9 Å². The molecule has 0 bridgehead atoms. The first kappa shape index (κ1) is 26.4. The van der Waals surface area contributed by atoms with Crippen LogP contribution in [0.15, 0.2) is 77.8 Å². The second-order valence-corrected chi connectivity index (χ2v) is 10.1. The highest BCUT2D eigenvalue weighted by Crippen LogP contribution is 2.33. The number of nitrogens with two attached hydrogens (primary N) is 1. The van der Waals surface area contributed by atoms with Gasteiger partial charge in [0.2, 0.25) is 5.91 Å². The fourth-order valence-corrected chi connectivity index (χ4v) is 5.25. The van der Waals surface area contributed by atoms with Gasteiger partial charge < -0.3 is 15.2 Å². The fourth-order valence-electron chi connectivity index (χ4n) is 4.94. The van der Waals surface area contributed by atoms with Crippen LogP contribution in [0, 0.1) is 4.64 Å². The van der Waals surface area contributed by atoms with E-state index in [4.69, 9.17) is 18.0 Å². The average Bonchev–Trinajstić information content (AvgIpc) is 3.12. The monoisotopic (exact) mass is 536 g/mol. The summed E-state index contributed by atoms with van der Waals surface area (Å²) in [5, 5.41) is 2.07. The Morgan fingerprint density at radius 2 is 1.82 bits per heavy atom. The molecule has 0 spiro atoms. The van der Waals surface area contributed by atoms with Crippen molar-refractivity contribution in [2.24, 2.45) is 10.7 Å². The first-order chi connectivity index (χ1) is 19.0. The molecule has 0 radical (unpaired) electrons. The van der Waals surface area contributed by atoms with Crippen LogP contribution in [0.25, 0.3) is 28.0 Å². The lowest BCUT2D eigenvalue weighted by molar-refractivity contribution is -0.127. The highest BCUT2D eigenvalue weighted by atomic mass is 32.1. The van der Waals surface area contributed by atoms with E-state index in [0.29, 0.717) is 24.4 Å². The van der Waals surface area contributed by atoms with Crippen molar-refractivity contribution in [1.82, 2.24) is 19.4 Å². The van der Waals surface area contributed by atoms with Crippen molar-refractivity contribution in [2.45, 2.75) is 39.7 Å². The Hall–Kier alpha value is -4.17. The summed E-state index contributed by atoms with van der Waals surface area (Å²) in [7, 11) is 0. The van der Waals surface area contributed by atoms with Crippen LogP contribution >= 0.6 is 12.2 Å². The average molecular weight is 537 g/mol. The number of amidine groups is 1. The number of rotatable bonds is 8. The van der Waals surface area contributed by atoms with E-state index in [1.165, 1.54) is 0 Å². The molecule has 39 heavy (non-hydrogen) atoms. The smallest absolute Gasteiger partial charge is 0.250 e. The molecule has 1 amide bonds. The molecule has 5 rings (SSSR count). The highest BCUT2D eigenvalue weighted by molar-refractivity contribution is 7.71. The second kappa shape index (κ2) is 11.7. The van der Waals surface area contributed by atoms with Crippen LogP contribution in [0.5, 0.6) is 0 Å². The van der Waals surface area contributed by atoms with Gasteiger partial charge in [-0.25, -0.2) is 4.99 Å². The number of benzene rings is 2. The van der Waals surface area contributed by atoms with Gasteiger partial charge in [-0.05, 0) is 53.6 Å². The zero-order chi connectivity index (χ0) is 27.4. The summed E-state index contributed by atoms with van der Waals surface area (Å²) in [5.74, 6) is 0.486. The summed E-state index contributed by atoms with van der Waals surface area (Å²) in [4.78, 5) is 28.4. The molecule has 0 saturated carbocycles. The number of aliphatic imine (C=N–C) groups is 1. The van der Waals surface area contributed by atoms with Crippen molar-refractivity contribution in [3.8, 4) is 11.1 Å². The van der Waals surface area contributed by atoms with Gasteiger partial charge in [0.25, 0.3) is 0 Å². The molecule has 7 nitrogen and oxygen atoms in total. The number of pyridine rings is 1. The van der Waals surface area contributed by atoms with E-state index in [2.05, 4.69) is 59.1 Å². The molecule has 2 aromatic carbocycles. The summed E-state index contributed by atoms with van der Waals surface area (Å²) in [6, 6.07) is 14.5. The van der Waals surface area contributed by atoms with Crippen molar-refractivity contribution in [2.75, 3.05) is 13.1 Å². The number of hydrogen-bond acceptors (Lipinski definition) is 6. The number of hydrogen-bond donors (Lipinski definition) is 1.